The molecule has 0 atom stereocenters. The molecule has 16 heavy (non-hydrogen) atoms. The normalized spacial score (nSPS) is 16.9. The number of carbonyl (C=O) groups excluding carboxylic acids is 2. The van der Waals surface area contributed by atoms with Crippen molar-refractivity contribution in [1.29, 1.82) is 0 Å². The number of hydrogen-bond acceptors (Lipinski definition) is 3. The fraction of sp³-hybridized carbons (Fsp3) is 0.833. The Morgan fingerprint density at radius 2 is 1.81 bits per heavy atom. The van der Waals surface area contributed by atoms with E-state index in [2.05, 4.69) is 0 Å². The van der Waals surface area contributed by atoms with E-state index in [-0.39, 0.29) is 11.9 Å². The minimum Gasteiger partial charge on any atom is -0.464 e. The number of rotatable bonds is 4. The highest BCUT2D eigenvalue weighted by Crippen LogP contribution is 2.22. The summed E-state index contributed by atoms with van der Waals surface area (Å²) in [5.41, 5.74) is 0. The van der Waals surface area contributed by atoms with E-state index in [9.17, 15) is 9.59 Å². The van der Waals surface area contributed by atoms with Gasteiger partial charge in [0.2, 0.25) is 5.91 Å². The van der Waals surface area contributed by atoms with E-state index >= 15 is 0 Å². The Hall–Kier alpha value is -1.06. The lowest BCUT2D eigenvalue weighted by Gasteiger charge is -2.33. The predicted molar refractivity (Wildman–Crippen MR) is 60.9 cm³/mol. The molecular formula is C12H21NO3. The predicted octanol–water partition coefficient (Wildman–Crippen LogP) is 1.73. The Balaban J connectivity index is 2.40. The molecule has 0 N–H and O–H groups in total. The van der Waals surface area contributed by atoms with Gasteiger partial charge in [0.25, 0.3) is 0 Å². The first-order valence-electron chi connectivity index (χ1n) is 6.02. The zero-order valence-corrected chi connectivity index (χ0v) is 10.2. The molecule has 0 heterocycles. The largest absolute Gasteiger partial charge is 0.464 e. The van der Waals surface area contributed by atoms with Crippen LogP contribution in [-0.2, 0) is 14.3 Å². The van der Waals surface area contributed by atoms with Crippen molar-refractivity contribution in [3.05, 3.63) is 0 Å². The highest BCUT2D eigenvalue weighted by atomic mass is 16.5. The van der Waals surface area contributed by atoms with Gasteiger partial charge in [0.05, 0.1) is 6.54 Å². The molecule has 4 nitrogen and oxygen atoms in total. The number of nitrogens with zero attached hydrogens (tertiary/aromatic N) is 1. The monoisotopic (exact) mass is 227 g/mol. The third kappa shape index (κ3) is 4.21. The third-order valence-corrected chi connectivity index (χ3v) is 3.06. The van der Waals surface area contributed by atoms with Gasteiger partial charge in [-0.2, -0.15) is 0 Å². The minimum absolute atomic E-state index is 0.0825. The third-order valence-electron chi connectivity index (χ3n) is 3.06. The van der Waals surface area contributed by atoms with Crippen LogP contribution >= 0.6 is 0 Å². The molecule has 0 saturated heterocycles. The van der Waals surface area contributed by atoms with E-state index in [0.29, 0.717) is 19.2 Å². The highest BCUT2D eigenvalue weighted by Gasteiger charge is 2.22. The lowest BCUT2D eigenvalue weighted by atomic mass is 9.94. The van der Waals surface area contributed by atoms with Gasteiger partial charge in [0, 0.05) is 19.9 Å². The van der Waals surface area contributed by atoms with Crippen molar-refractivity contribution < 1.29 is 14.3 Å². The molecule has 4 heteroatoms. The van der Waals surface area contributed by atoms with Crippen molar-refractivity contribution in [2.45, 2.75) is 52.0 Å². The van der Waals surface area contributed by atoms with Gasteiger partial charge >= 0.3 is 5.97 Å². The lowest BCUT2D eigenvalue weighted by Crippen LogP contribution is -2.42. The van der Waals surface area contributed by atoms with Gasteiger partial charge in [-0.3, -0.25) is 9.59 Å². The second-order valence-corrected chi connectivity index (χ2v) is 4.34. The summed E-state index contributed by atoms with van der Waals surface area (Å²) in [7, 11) is 0. The number of carbonyl (C=O) groups is 2. The molecule has 0 aromatic rings. The first-order valence-corrected chi connectivity index (χ1v) is 6.02. The molecular weight excluding hydrogens is 206 g/mol. The minimum atomic E-state index is -0.285. The Kier molecular flexibility index (Phi) is 5.29. The second kappa shape index (κ2) is 6.51. The van der Waals surface area contributed by atoms with E-state index in [0.717, 1.165) is 12.8 Å². The van der Waals surface area contributed by atoms with Gasteiger partial charge < -0.3 is 9.64 Å². The van der Waals surface area contributed by atoms with Crippen LogP contribution in [0.4, 0.5) is 0 Å². The molecule has 1 saturated carbocycles. The van der Waals surface area contributed by atoms with Crippen LogP contribution in [0.3, 0.4) is 0 Å². The fourth-order valence-electron chi connectivity index (χ4n) is 2.28. The average molecular weight is 227 g/mol. The van der Waals surface area contributed by atoms with Crippen LogP contribution in [0.25, 0.3) is 0 Å². The van der Waals surface area contributed by atoms with Crippen LogP contribution in [0, 0.1) is 0 Å². The maximum absolute atomic E-state index is 11.5. The van der Waals surface area contributed by atoms with E-state index in [4.69, 9.17) is 4.74 Å². The maximum Gasteiger partial charge on any atom is 0.302 e. The van der Waals surface area contributed by atoms with E-state index in [1.807, 2.05) is 4.90 Å². The second-order valence-electron chi connectivity index (χ2n) is 4.34. The van der Waals surface area contributed by atoms with Crippen LogP contribution in [0.5, 0.6) is 0 Å². The van der Waals surface area contributed by atoms with Crippen LogP contribution in [-0.4, -0.2) is 36.0 Å². The Bertz CT molecular complexity index is 247. The van der Waals surface area contributed by atoms with E-state index in [1.165, 1.54) is 26.2 Å². The topological polar surface area (TPSA) is 46.6 Å². The number of hydrogen-bond donors (Lipinski definition) is 0. The quantitative estimate of drug-likeness (QED) is 0.687. The number of ether oxygens (including phenoxy) is 1. The molecule has 1 amide bonds. The Morgan fingerprint density at radius 3 is 2.31 bits per heavy atom. The highest BCUT2D eigenvalue weighted by molar-refractivity contribution is 5.73. The van der Waals surface area contributed by atoms with Crippen LogP contribution < -0.4 is 0 Å². The molecule has 0 aromatic carbocycles. The van der Waals surface area contributed by atoms with Gasteiger partial charge in [0.1, 0.15) is 6.61 Å². The molecule has 1 aliphatic carbocycles. The van der Waals surface area contributed by atoms with Crippen LogP contribution in [0.15, 0.2) is 0 Å². The van der Waals surface area contributed by atoms with Crippen molar-refractivity contribution >= 4 is 11.9 Å². The Labute approximate surface area is 96.9 Å². The molecule has 1 aliphatic rings. The summed E-state index contributed by atoms with van der Waals surface area (Å²) in [5, 5.41) is 0. The molecule has 0 unspecified atom stereocenters. The first kappa shape index (κ1) is 13.0. The van der Waals surface area contributed by atoms with Crippen LogP contribution in [0.1, 0.15) is 46.0 Å². The van der Waals surface area contributed by atoms with Gasteiger partial charge in [-0.1, -0.05) is 19.3 Å². The van der Waals surface area contributed by atoms with Crippen molar-refractivity contribution in [2.24, 2.45) is 0 Å². The zero-order valence-electron chi connectivity index (χ0n) is 10.2. The summed E-state index contributed by atoms with van der Waals surface area (Å²) in [4.78, 5) is 24.0. The summed E-state index contributed by atoms with van der Waals surface area (Å²) in [6.07, 6.45) is 5.83. The molecule has 92 valence electrons. The first-order chi connectivity index (χ1) is 7.61. The summed E-state index contributed by atoms with van der Waals surface area (Å²) in [5.74, 6) is -0.203. The molecule has 0 aromatic heterocycles. The fourth-order valence-corrected chi connectivity index (χ4v) is 2.28. The zero-order chi connectivity index (χ0) is 12.0. The van der Waals surface area contributed by atoms with Gasteiger partial charge in [-0.05, 0) is 12.8 Å². The van der Waals surface area contributed by atoms with Gasteiger partial charge in [-0.25, -0.2) is 0 Å². The van der Waals surface area contributed by atoms with Gasteiger partial charge in [-0.15, -0.1) is 0 Å². The molecule has 0 radical (unpaired) electrons. The Morgan fingerprint density at radius 1 is 1.19 bits per heavy atom. The van der Waals surface area contributed by atoms with Crippen molar-refractivity contribution in [1.82, 2.24) is 4.90 Å². The lowest BCUT2D eigenvalue weighted by molar-refractivity contribution is -0.144. The summed E-state index contributed by atoms with van der Waals surface area (Å²) < 4.78 is 4.88. The summed E-state index contributed by atoms with van der Waals surface area (Å²) in [6.45, 7) is 3.81. The van der Waals surface area contributed by atoms with Gasteiger partial charge in [0.15, 0.2) is 0 Å². The summed E-state index contributed by atoms with van der Waals surface area (Å²) >= 11 is 0. The van der Waals surface area contributed by atoms with Crippen molar-refractivity contribution in [2.75, 3.05) is 13.2 Å². The summed E-state index contributed by atoms with van der Waals surface area (Å²) in [6, 6.07) is 0.349. The number of amides is 1. The van der Waals surface area contributed by atoms with Crippen LogP contribution in [0.2, 0.25) is 0 Å². The van der Waals surface area contributed by atoms with Crippen molar-refractivity contribution in [3.8, 4) is 0 Å². The number of esters is 1. The molecule has 1 fully saturated rings. The van der Waals surface area contributed by atoms with E-state index in [1.54, 1.807) is 6.92 Å². The molecule has 1 rings (SSSR count). The average Bonchev–Trinajstić information content (AvgIpc) is 2.25. The molecule has 0 aliphatic heterocycles. The SMILES string of the molecule is CC(=O)OCCN(C(C)=O)C1CCCCC1. The van der Waals surface area contributed by atoms with E-state index < -0.39 is 0 Å². The van der Waals surface area contributed by atoms with Crippen molar-refractivity contribution in [3.63, 3.8) is 0 Å². The smallest absolute Gasteiger partial charge is 0.302 e. The molecule has 0 bridgehead atoms. The standard InChI is InChI=1S/C12H21NO3/c1-10(14)13(8-9-16-11(2)15)12-6-4-3-5-7-12/h12H,3-9H2,1-2H3. The maximum atomic E-state index is 11.5. The molecule has 0 spiro atoms.